The maximum Gasteiger partial charge on any atom is 0.230 e. The van der Waals surface area contributed by atoms with Gasteiger partial charge in [-0.1, -0.05) is 0 Å². The molecule has 0 heterocycles. The van der Waals surface area contributed by atoms with Crippen LogP contribution in [0.2, 0.25) is 0 Å². The molecule has 0 aromatic rings. The molecule has 8 saturated carbocycles. The minimum Gasteiger partial charge on any atom is -0.349 e. The van der Waals surface area contributed by atoms with Crippen molar-refractivity contribution < 1.29 is 9.59 Å². The van der Waals surface area contributed by atoms with Crippen molar-refractivity contribution >= 4 is 11.8 Å². The van der Waals surface area contributed by atoms with Crippen molar-refractivity contribution in [2.75, 3.05) is 0 Å². The van der Waals surface area contributed by atoms with E-state index in [2.05, 4.69) is 16.7 Å². The molecule has 8 bridgehead atoms. The lowest BCUT2D eigenvalue weighted by atomic mass is 9.49. The van der Waals surface area contributed by atoms with Gasteiger partial charge in [-0.2, -0.15) is 0 Å². The molecule has 0 radical (unpaired) electrons. The highest BCUT2D eigenvalue weighted by Gasteiger charge is 2.56. The molecule has 9 rings (SSSR count). The zero-order chi connectivity index (χ0) is 20.1. The summed E-state index contributed by atoms with van der Waals surface area (Å²) in [5.41, 5.74) is 0.899. The number of hydrogen-bond donors (Lipinski definition) is 2. The smallest absolute Gasteiger partial charge is 0.230 e. The average Bonchev–Trinajstić information content (AvgIpc) is 2.64. The Balaban J connectivity index is 0.982. The number of nitrogens with one attached hydrogen (secondary N) is 2. The second kappa shape index (κ2) is 6.13. The zero-order valence-corrected chi connectivity index (χ0v) is 18.1. The average molecular weight is 409 g/mol. The van der Waals surface area contributed by atoms with Gasteiger partial charge in [-0.15, -0.1) is 0 Å². The molecule has 2 amide bonds. The molecule has 0 saturated heterocycles. The third kappa shape index (κ3) is 2.70. The summed E-state index contributed by atoms with van der Waals surface area (Å²) in [5.74, 6) is 5.39. The molecular weight excluding hydrogens is 372 g/mol. The third-order valence-electron chi connectivity index (χ3n) is 10.5. The Kier molecular flexibility index (Phi) is 3.74. The number of hydrogen-bond acceptors (Lipinski definition) is 2. The Morgan fingerprint density at radius 3 is 1.43 bits per heavy atom. The van der Waals surface area contributed by atoms with Crippen LogP contribution < -0.4 is 10.6 Å². The summed E-state index contributed by atoms with van der Waals surface area (Å²) in [4.78, 5) is 26.4. The summed E-state index contributed by atoms with van der Waals surface area (Å²) in [6.07, 6.45) is 17.8. The van der Waals surface area contributed by atoms with Crippen molar-refractivity contribution in [3.8, 4) is 0 Å². The predicted molar refractivity (Wildman–Crippen MR) is 114 cm³/mol. The van der Waals surface area contributed by atoms with E-state index in [1.165, 1.54) is 38.5 Å². The van der Waals surface area contributed by atoms with Crippen molar-refractivity contribution in [3.63, 3.8) is 0 Å². The molecule has 4 nitrogen and oxygen atoms in total. The molecule has 0 aliphatic heterocycles. The van der Waals surface area contributed by atoms with Gasteiger partial charge in [0.25, 0.3) is 0 Å². The number of carbonyl (C=O) groups is 2. The van der Waals surface area contributed by atoms with Gasteiger partial charge in [-0.3, -0.25) is 9.59 Å². The van der Waals surface area contributed by atoms with Crippen LogP contribution in [0.15, 0.2) is 11.8 Å². The fraction of sp³-hybridized carbons (Fsp3) is 0.846. The van der Waals surface area contributed by atoms with Gasteiger partial charge in [0.05, 0.1) is 11.5 Å². The lowest BCUT2D eigenvalue weighted by molar-refractivity contribution is -0.146. The number of amides is 2. The van der Waals surface area contributed by atoms with E-state index >= 15 is 0 Å². The third-order valence-corrected chi connectivity index (χ3v) is 10.5. The normalized spacial score (nSPS) is 52.0. The molecule has 30 heavy (non-hydrogen) atoms. The van der Waals surface area contributed by atoms with Gasteiger partial charge in [-0.05, 0) is 119 Å². The van der Waals surface area contributed by atoms with Crippen molar-refractivity contribution in [1.82, 2.24) is 10.6 Å². The van der Waals surface area contributed by atoms with E-state index in [1.807, 2.05) is 0 Å². The molecule has 9 aliphatic rings. The highest BCUT2D eigenvalue weighted by atomic mass is 16.2. The highest BCUT2D eigenvalue weighted by Crippen LogP contribution is 2.61. The first kappa shape index (κ1) is 18.3. The summed E-state index contributed by atoms with van der Waals surface area (Å²) in [7, 11) is 0. The first-order chi connectivity index (χ1) is 14.5. The first-order valence-corrected chi connectivity index (χ1v) is 12.8. The molecular formula is C26H36N2O2. The minimum atomic E-state index is -0.0802. The predicted octanol–water partition coefficient (Wildman–Crippen LogP) is 4.31. The van der Waals surface area contributed by atoms with Gasteiger partial charge in [0, 0.05) is 17.5 Å². The van der Waals surface area contributed by atoms with Gasteiger partial charge in [0.15, 0.2) is 0 Å². The van der Waals surface area contributed by atoms with Crippen LogP contribution in [-0.2, 0) is 9.59 Å². The standard InChI is InChI=1S/C26H36N2O2/c29-23(25-9-15-1-16(10-25)3-17(2-15)11-25)27-21-7-22(8-21)28-24(30)26-12-18-4-19(13-26)6-20(5-18)14-26/h7,15-21H,1-6,8-14H2,(H,27,29)(H,28,30). The van der Waals surface area contributed by atoms with Gasteiger partial charge in [-0.25, -0.2) is 0 Å². The van der Waals surface area contributed by atoms with Gasteiger partial charge in [0.1, 0.15) is 0 Å². The van der Waals surface area contributed by atoms with E-state index in [-0.39, 0.29) is 16.9 Å². The van der Waals surface area contributed by atoms with Crippen molar-refractivity contribution in [1.29, 1.82) is 0 Å². The largest absolute Gasteiger partial charge is 0.349 e. The summed E-state index contributed by atoms with van der Waals surface area (Å²) in [5, 5.41) is 6.63. The second-order valence-electron chi connectivity index (χ2n) is 12.8. The van der Waals surface area contributed by atoms with Gasteiger partial charge >= 0.3 is 0 Å². The molecule has 1 atom stereocenters. The van der Waals surface area contributed by atoms with Crippen LogP contribution in [0.5, 0.6) is 0 Å². The summed E-state index contributed by atoms with van der Waals surface area (Å²) >= 11 is 0. The Labute approximate surface area is 180 Å². The van der Waals surface area contributed by atoms with E-state index in [0.29, 0.717) is 11.8 Å². The molecule has 2 N–H and O–H groups in total. The van der Waals surface area contributed by atoms with E-state index in [4.69, 9.17) is 0 Å². The van der Waals surface area contributed by atoms with Crippen molar-refractivity contribution in [2.45, 2.75) is 89.5 Å². The van der Waals surface area contributed by atoms with Crippen molar-refractivity contribution in [2.24, 2.45) is 46.3 Å². The molecule has 0 aromatic heterocycles. The quantitative estimate of drug-likeness (QED) is 0.728. The fourth-order valence-electron chi connectivity index (χ4n) is 10.0. The van der Waals surface area contributed by atoms with E-state index in [9.17, 15) is 9.59 Å². The lowest BCUT2D eigenvalue weighted by Gasteiger charge is -2.56. The molecule has 0 spiro atoms. The fourth-order valence-corrected chi connectivity index (χ4v) is 10.0. The molecule has 1 unspecified atom stereocenters. The van der Waals surface area contributed by atoms with Crippen LogP contribution in [0.25, 0.3) is 0 Å². The Hall–Kier alpha value is -1.32. The Bertz CT molecular complexity index is 756. The highest BCUT2D eigenvalue weighted by molar-refractivity contribution is 5.86. The molecule has 4 heteroatoms. The first-order valence-electron chi connectivity index (χ1n) is 12.8. The van der Waals surface area contributed by atoms with E-state index in [1.54, 1.807) is 0 Å². The molecule has 8 fully saturated rings. The number of carbonyl (C=O) groups excluding carboxylic acids is 2. The molecule has 9 aliphatic carbocycles. The van der Waals surface area contributed by atoms with Crippen molar-refractivity contribution in [3.05, 3.63) is 11.8 Å². The van der Waals surface area contributed by atoms with E-state index in [0.717, 1.165) is 86.2 Å². The van der Waals surface area contributed by atoms with Crippen LogP contribution in [0.3, 0.4) is 0 Å². The second-order valence-corrected chi connectivity index (χ2v) is 12.8. The molecule has 0 aromatic carbocycles. The monoisotopic (exact) mass is 408 g/mol. The lowest BCUT2D eigenvalue weighted by Crippen LogP contribution is -2.57. The van der Waals surface area contributed by atoms with Gasteiger partial charge < -0.3 is 10.6 Å². The van der Waals surface area contributed by atoms with Crippen LogP contribution in [0.1, 0.15) is 83.5 Å². The molecule has 162 valence electrons. The Morgan fingerprint density at radius 2 is 1.03 bits per heavy atom. The summed E-state index contributed by atoms with van der Waals surface area (Å²) < 4.78 is 0. The zero-order valence-electron chi connectivity index (χ0n) is 18.1. The van der Waals surface area contributed by atoms with Crippen LogP contribution in [-0.4, -0.2) is 17.9 Å². The van der Waals surface area contributed by atoms with Crippen LogP contribution in [0.4, 0.5) is 0 Å². The maximum atomic E-state index is 13.2. The SMILES string of the molecule is O=C(NC1=CC(NC(=O)C23CC4CC(CC(C4)C2)C3)C1)C12CC3CC(CC(C3)C1)C2. The topological polar surface area (TPSA) is 58.2 Å². The van der Waals surface area contributed by atoms with Crippen LogP contribution in [0, 0.1) is 46.3 Å². The van der Waals surface area contributed by atoms with E-state index < -0.39 is 0 Å². The summed E-state index contributed by atoms with van der Waals surface area (Å²) in [6.45, 7) is 0. The Morgan fingerprint density at radius 1 is 0.667 bits per heavy atom. The maximum absolute atomic E-state index is 13.2. The number of rotatable bonds is 4. The minimum absolute atomic E-state index is 0.0687. The van der Waals surface area contributed by atoms with Crippen LogP contribution >= 0.6 is 0 Å². The van der Waals surface area contributed by atoms with Gasteiger partial charge in [0.2, 0.25) is 11.8 Å². The summed E-state index contributed by atoms with van der Waals surface area (Å²) in [6, 6.07) is 0.122.